The molecule has 1 aromatic rings. The molecule has 0 atom stereocenters. The summed E-state index contributed by atoms with van der Waals surface area (Å²) in [6.07, 6.45) is 1.12. The van der Waals surface area contributed by atoms with E-state index in [1.807, 2.05) is 0 Å². The van der Waals surface area contributed by atoms with Gasteiger partial charge in [-0.05, 0) is 6.92 Å². The molecule has 0 saturated heterocycles. The molecular weight excluding hydrogens is 220 g/mol. The van der Waals surface area contributed by atoms with E-state index in [-0.39, 0.29) is 0 Å². The van der Waals surface area contributed by atoms with Crippen LogP contribution in [0.3, 0.4) is 0 Å². The molecule has 0 aromatic carbocycles. The Labute approximate surface area is 88.3 Å². The van der Waals surface area contributed by atoms with E-state index < -0.39 is 10.0 Å². The highest BCUT2D eigenvalue weighted by Crippen LogP contribution is 1.98. The SMILES string of the molecule is Cc1nonc1CNCCNS(C)(=O)=O. The van der Waals surface area contributed by atoms with E-state index in [2.05, 4.69) is 25.0 Å². The van der Waals surface area contributed by atoms with Crippen molar-refractivity contribution >= 4 is 10.0 Å². The Bertz CT molecular complexity index is 400. The first-order valence-electron chi connectivity index (χ1n) is 4.42. The summed E-state index contributed by atoms with van der Waals surface area (Å²) < 4.78 is 28.3. The Morgan fingerprint density at radius 3 is 2.60 bits per heavy atom. The fourth-order valence-corrected chi connectivity index (χ4v) is 1.41. The Kier molecular flexibility index (Phi) is 4.18. The van der Waals surface area contributed by atoms with E-state index >= 15 is 0 Å². The van der Waals surface area contributed by atoms with Gasteiger partial charge in [-0.25, -0.2) is 17.8 Å². The average Bonchev–Trinajstić information content (AvgIpc) is 2.49. The van der Waals surface area contributed by atoms with Crippen molar-refractivity contribution in [1.29, 1.82) is 0 Å². The third kappa shape index (κ3) is 4.86. The third-order valence-corrected chi connectivity index (χ3v) is 2.43. The normalized spacial score (nSPS) is 11.9. The number of hydrogen-bond donors (Lipinski definition) is 2. The van der Waals surface area contributed by atoms with E-state index in [4.69, 9.17) is 0 Å². The van der Waals surface area contributed by atoms with Crippen LogP contribution in [-0.2, 0) is 16.6 Å². The lowest BCUT2D eigenvalue weighted by Crippen LogP contribution is -2.30. The number of rotatable bonds is 6. The van der Waals surface area contributed by atoms with Gasteiger partial charge >= 0.3 is 0 Å². The van der Waals surface area contributed by atoms with E-state index in [1.54, 1.807) is 6.92 Å². The van der Waals surface area contributed by atoms with E-state index in [0.717, 1.165) is 17.6 Å². The molecule has 0 unspecified atom stereocenters. The summed E-state index contributed by atoms with van der Waals surface area (Å²) in [7, 11) is -3.10. The fraction of sp³-hybridized carbons (Fsp3) is 0.714. The second-order valence-corrected chi connectivity index (χ2v) is 4.97. The van der Waals surface area contributed by atoms with Gasteiger partial charge in [0.1, 0.15) is 11.4 Å². The third-order valence-electron chi connectivity index (χ3n) is 1.70. The molecule has 0 aliphatic carbocycles. The Morgan fingerprint density at radius 2 is 2.07 bits per heavy atom. The van der Waals surface area contributed by atoms with Gasteiger partial charge in [0.05, 0.1) is 6.26 Å². The largest absolute Gasteiger partial charge is 0.310 e. The van der Waals surface area contributed by atoms with Crippen LogP contribution >= 0.6 is 0 Å². The van der Waals surface area contributed by atoms with Crippen LogP contribution in [0.5, 0.6) is 0 Å². The first-order valence-corrected chi connectivity index (χ1v) is 6.31. The van der Waals surface area contributed by atoms with Crippen molar-refractivity contribution in [3.63, 3.8) is 0 Å². The minimum Gasteiger partial charge on any atom is -0.310 e. The topological polar surface area (TPSA) is 97.1 Å². The van der Waals surface area contributed by atoms with Gasteiger partial charge in [-0.1, -0.05) is 10.3 Å². The predicted octanol–water partition coefficient (Wildman–Crippen LogP) is -0.983. The van der Waals surface area contributed by atoms with Crippen molar-refractivity contribution in [1.82, 2.24) is 20.4 Å². The number of hydrogen-bond acceptors (Lipinski definition) is 6. The molecule has 0 aliphatic heterocycles. The zero-order valence-corrected chi connectivity index (χ0v) is 9.47. The molecule has 1 heterocycles. The first kappa shape index (κ1) is 12.1. The number of nitrogens with one attached hydrogen (secondary N) is 2. The predicted molar refractivity (Wildman–Crippen MR) is 53.6 cm³/mol. The van der Waals surface area contributed by atoms with Crippen LogP contribution in [-0.4, -0.2) is 38.1 Å². The maximum Gasteiger partial charge on any atom is 0.208 e. The number of sulfonamides is 1. The monoisotopic (exact) mass is 234 g/mol. The molecule has 86 valence electrons. The molecule has 1 aromatic heterocycles. The highest BCUT2D eigenvalue weighted by Gasteiger charge is 2.04. The summed E-state index contributed by atoms with van der Waals surface area (Å²) in [5.41, 5.74) is 1.47. The smallest absolute Gasteiger partial charge is 0.208 e. The Balaban J connectivity index is 2.15. The molecule has 0 spiro atoms. The first-order chi connectivity index (χ1) is 6.99. The second kappa shape index (κ2) is 5.19. The van der Waals surface area contributed by atoms with Crippen LogP contribution in [0, 0.1) is 6.92 Å². The van der Waals surface area contributed by atoms with Crippen molar-refractivity contribution < 1.29 is 13.0 Å². The van der Waals surface area contributed by atoms with Gasteiger partial charge in [0, 0.05) is 19.6 Å². The summed E-state index contributed by atoms with van der Waals surface area (Å²) >= 11 is 0. The van der Waals surface area contributed by atoms with Crippen LogP contribution in [0.4, 0.5) is 0 Å². The summed E-state index contributed by atoms with van der Waals surface area (Å²) in [5, 5.41) is 10.3. The standard InChI is InChI=1S/C7H14N4O3S/c1-6-7(11-14-10-6)5-8-3-4-9-15(2,12)13/h8-9H,3-5H2,1-2H3. The lowest BCUT2D eigenvalue weighted by molar-refractivity contribution is 0.300. The van der Waals surface area contributed by atoms with Gasteiger partial charge in [-0.2, -0.15) is 0 Å². The van der Waals surface area contributed by atoms with Crippen molar-refractivity contribution in [2.24, 2.45) is 0 Å². The van der Waals surface area contributed by atoms with Crippen molar-refractivity contribution in [2.45, 2.75) is 13.5 Å². The van der Waals surface area contributed by atoms with Gasteiger partial charge in [-0.3, -0.25) is 0 Å². The zero-order chi connectivity index (χ0) is 11.3. The maximum absolute atomic E-state index is 10.7. The van der Waals surface area contributed by atoms with Gasteiger partial charge in [-0.15, -0.1) is 0 Å². The Hall–Kier alpha value is -0.990. The highest BCUT2D eigenvalue weighted by atomic mass is 32.2. The van der Waals surface area contributed by atoms with Crippen LogP contribution in [0.1, 0.15) is 11.4 Å². The van der Waals surface area contributed by atoms with Gasteiger partial charge in [0.15, 0.2) is 0 Å². The van der Waals surface area contributed by atoms with Crippen LogP contribution in [0.2, 0.25) is 0 Å². The summed E-state index contributed by atoms with van der Waals surface area (Å²) in [6, 6.07) is 0. The molecule has 8 heteroatoms. The van der Waals surface area contributed by atoms with Crippen molar-refractivity contribution in [3.8, 4) is 0 Å². The molecule has 15 heavy (non-hydrogen) atoms. The molecule has 2 N–H and O–H groups in total. The van der Waals surface area contributed by atoms with Gasteiger partial charge in [0.25, 0.3) is 0 Å². The van der Waals surface area contributed by atoms with Gasteiger partial charge in [0.2, 0.25) is 10.0 Å². The average molecular weight is 234 g/mol. The summed E-state index contributed by atoms with van der Waals surface area (Å²) in [5.74, 6) is 0. The number of nitrogens with zero attached hydrogens (tertiary/aromatic N) is 2. The van der Waals surface area contributed by atoms with E-state index in [0.29, 0.717) is 19.6 Å². The molecular formula is C7H14N4O3S. The minimum atomic E-state index is -3.10. The molecule has 0 radical (unpaired) electrons. The molecule has 0 aliphatic rings. The zero-order valence-electron chi connectivity index (χ0n) is 8.65. The summed E-state index contributed by atoms with van der Waals surface area (Å²) in [6.45, 7) is 3.19. The molecule has 0 saturated carbocycles. The maximum atomic E-state index is 10.7. The quantitative estimate of drug-likeness (QED) is 0.614. The molecule has 0 fully saturated rings. The van der Waals surface area contributed by atoms with Crippen LogP contribution in [0.15, 0.2) is 4.63 Å². The van der Waals surface area contributed by atoms with Crippen LogP contribution in [0.25, 0.3) is 0 Å². The van der Waals surface area contributed by atoms with Crippen LogP contribution < -0.4 is 10.0 Å². The van der Waals surface area contributed by atoms with Crippen molar-refractivity contribution in [2.75, 3.05) is 19.3 Å². The molecule has 0 amide bonds. The minimum absolute atomic E-state index is 0.350. The fourth-order valence-electron chi connectivity index (χ4n) is 0.941. The lowest BCUT2D eigenvalue weighted by atomic mass is 10.3. The number of aryl methyl sites for hydroxylation is 1. The van der Waals surface area contributed by atoms with E-state index in [9.17, 15) is 8.42 Å². The molecule has 0 bridgehead atoms. The highest BCUT2D eigenvalue weighted by molar-refractivity contribution is 7.88. The second-order valence-electron chi connectivity index (χ2n) is 3.14. The van der Waals surface area contributed by atoms with Crippen molar-refractivity contribution in [3.05, 3.63) is 11.4 Å². The molecule has 1 rings (SSSR count). The Morgan fingerprint density at radius 1 is 1.33 bits per heavy atom. The van der Waals surface area contributed by atoms with Gasteiger partial charge < -0.3 is 5.32 Å². The van der Waals surface area contributed by atoms with E-state index in [1.165, 1.54) is 0 Å². The molecule has 7 nitrogen and oxygen atoms in total. The number of aromatic nitrogens is 2. The summed E-state index contributed by atoms with van der Waals surface area (Å²) in [4.78, 5) is 0. The lowest BCUT2D eigenvalue weighted by Gasteiger charge is -2.03.